The van der Waals surface area contributed by atoms with Crippen LogP contribution in [0, 0.1) is 0 Å². The van der Waals surface area contributed by atoms with Crippen LogP contribution in [0.4, 0.5) is 0 Å². The molecule has 0 radical (unpaired) electrons. The van der Waals surface area contributed by atoms with Crippen LogP contribution in [0.5, 0.6) is 0 Å². The Bertz CT molecular complexity index is 755. The van der Waals surface area contributed by atoms with Crippen molar-refractivity contribution in [3.8, 4) is 11.1 Å². The molecular weight excluding hydrogens is 331 g/mol. The van der Waals surface area contributed by atoms with Gasteiger partial charge in [-0.25, -0.2) is 0 Å². The largest absolute Gasteiger partial charge is 0.276 e. The highest BCUT2D eigenvalue weighted by Crippen LogP contribution is 2.53. The summed E-state index contributed by atoms with van der Waals surface area (Å²) in [6.45, 7) is 4.24. The number of fused-ring (bicyclic) bond motifs is 3. The SMILES string of the molecule is CCC1(CC)c2cc(C(=O)Cl)ccc2-c2ccc(C(=O)Cl)cc21. The number of hydrogen-bond donors (Lipinski definition) is 0. The fourth-order valence-electron chi connectivity index (χ4n) is 3.75. The minimum atomic E-state index is -0.457. The first-order chi connectivity index (χ1) is 10.9. The van der Waals surface area contributed by atoms with E-state index in [1.165, 1.54) is 0 Å². The van der Waals surface area contributed by atoms with E-state index in [2.05, 4.69) is 13.8 Å². The average molecular weight is 347 g/mol. The van der Waals surface area contributed by atoms with Crippen LogP contribution < -0.4 is 0 Å². The second kappa shape index (κ2) is 5.77. The maximum Gasteiger partial charge on any atom is 0.252 e. The molecule has 118 valence electrons. The van der Waals surface area contributed by atoms with Gasteiger partial charge in [-0.05, 0) is 82.6 Å². The molecule has 4 heteroatoms. The molecule has 1 aliphatic rings. The van der Waals surface area contributed by atoms with Gasteiger partial charge >= 0.3 is 0 Å². The molecule has 23 heavy (non-hydrogen) atoms. The van der Waals surface area contributed by atoms with Gasteiger partial charge in [-0.3, -0.25) is 9.59 Å². The monoisotopic (exact) mass is 346 g/mol. The molecular formula is C19H16Cl2O2. The number of hydrogen-bond acceptors (Lipinski definition) is 2. The number of carbonyl (C=O) groups is 2. The van der Waals surface area contributed by atoms with Gasteiger partial charge in [-0.15, -0.1) is 0 Å². The maximum absolute atomic E-state index is 11.6. The first-order valence-corrected chi connectivity index (χ1v) is 8.39. The summed E-state index contributed by atoms with van der Waals surface area (Å²) in [7, 11) is 0. The minimum Gasteiger partial charge on any atom is -0.276 e. The smallest absolute Gasteiger partial charge is 0.252 e. The third-order valence-electron chi connectivity index (χ3n) is 5.02. The summed E-state index contributed by atoms with van der Waals surface area (Å²) in [6.07, 6.45) is 1.73. The summed E-state index contributed by atoms with van der Waals surface area (Å²) in [6, 6.07) is 11.2. The summed E-state index contributed by atoms with van der Waals surface area (Å²) >= 11 is 11.3. The topological polar surface area (TPSA) is 34.1 Å². The van der Waals surface area contributed by atoms with Crippen molar-refractivity contribution in [3.63, 3.8) is 0 Å². The molecule has 3 rings (SSSR count). The van der Waals surface area contributed by atoms with E-state index in [4.69, 9.17) is 23.2 Å². The molecule has 0 atom stereocenters. The normalized spacial score (nSPS) is 14.3. The molecule has 0 fully saturated rings. The molecule has 0 aromatic heterocycles. The van der Waals surface area contributed by atoms with Gasteiger partial charge < -0.3 is 0 Å². The molecule has 0 unspecified atom stereocenters. The lowest BCUT2D eigenvalue weighted by atomic mass is 9.73. The van der Waals surface area contributed by atoms with Crippen LogP contribution in [0.3, 0.4) is 0 Å². The Morgan fingerprint density at radius 2 is 1.22 bits per heavy atom. The predicted molar refractivity (Wildman–Crippen MR) is 93.6 cm³/mol. The number of carbonyl (C=O) groups excluding carboxylic acids is 2. The molecule has 2 nitrogen and oxygen atoms in total. The molecule has 2 aromatic carbocycles. The minimum absolute atomic E-state index is 0.227. The zero-order chi connectivity index (χ0) is 16.8. The van der Waals surface area contributed by atoms with Crippen LogP contribution in [0.15, 0.2) is 36.4 Å². The Kier molecular flexibility index (Phi) is 4.07. The zero-order valence-electron chi connectivity index (χ0n) is 13.0. The van der Waals surface area contributed by atoms with E-state index in [-0.39, 0.29) is 5.41 Å². The van der Waals surface area contributed by atoms with Crippen molar-refractivity contribution in [3.05, 3.63) is 58.7 Å². The molecule has 0 saturated heterocycles. The van der Waals surface area contributed by atoms with Gasteiger partial charge in [-0.2, -0.15) is 0 Å². The van der Waals surface area contributed by atoms with Gasteiger partial charge in [0.15, 0.2) is 0 Å². The Morgan fingerprint density at radius 3 is 1.52 bits per heavy atom. The van der Waals surface area contributed by atoms with Crippen molar-refractivity contribution in [2.75, 3.05) is 0 Å². The summed E-state index contributed by atoms with van der Waals surface area (Å²) < 4.78 is 0. The van der Waals surface area contributed by atoms with Gasteiger partial charge in [0.1, 0.15) is 0 Å². The lowest BCUT2D eigenvalue weighted by Crippen LogP contribution is -2.23. The van der Waals surface area contributed by atoms with Crippen molar-refractivity contribution in [2.24, 2.45) is 0 Å². The number of rotatable bonds is 4. The quantitative estimate of drug-likeness (QED) is 0.682. The maximum atomic E-state index is 11.6. The fourth-order valence-corrected chi connectivity index (χ4v) is 3.99. The standard InChI is InChI=1S/C19H16Cl2O2/c1-3-19(4-2)15-9-11(17(20)22)5-7-13(15)14-8-6-12(18(21)23)10-16(14)19/h5-10H,3-4H2,1-2H3. The molecule has 0 saturated carbocycles. The summed E-state index contributed by atoms with van der Waals surface area (Å²) in [5.74, 6) is 0. The van der Waals surface area contributed by atoms with Crippen LogP contribution in [-0.2, 0) is 5.41 Å². The highest BCUT2D eigenvalue weighted by Gasteiger charge is 2.41. The first kappa shape index (κ1) is 16.2. The predicted octanol–water partition coefficient (Wildman–Crippen LogP) is 5.53. The summed E-state index contributed by atoms with van der Waals surface area (Å²) in [5, 5.41) is -0.914. The van der Waals surface area contributed by atoms with Crippen LogP contribution in [0.25, 0.3) is 11.1 Å². The lowest BCUT2D eigenvalue weighted by molar-refractivity contribution is 0.107. The van der Waals surface area contributed by atoms with E-state index in [1.54, 1.807) is 12.1 Å². The van der Waals surface area contributed by atoms with E-state index in [0.29, 0.717) is 11.1 Å². The fraction of sp³-hybridized carbons (Fsp3) is 0.263. The van der Waals surface area contributed by atoms with E-state index in [0.717, 1.165) is 35.1 Å². The Balaban J connectivity index is 2.32. The van der Waals surface area contributed by atoms with Gasteiger partial charge in [0.25, 0.3) is 10.5 Å². The Labute approximate surface area is 145 Å². The third-order valence-corrected chi connectivity index (χ3v) is 5.46. The highest BCUT2D eigenvalue weighted by molar-refractivity contribution is 6.68. The van der Waals surface area contributed by atoms with Gasteiger partial charge in [0.05, 0.1) is 0 Å². The van der Waals surface area contributed by atoms with Crippen LogP contribution in [0.1, 0.15) is 58.5 Å². The average Bonchev–Trinajstić information content (AvgIpc) is 2.83. The van der Waals surface area contributed by atoms with E-state index >= 15 is 0 Å². The molecule has 0 aliphatic heterocycles. The summed E-state index contributed by atoms with van der Waals surface area (Å²) in [4.78, 5) is 23.1. The second-order valence-electron chi connectivity index (χ2n) is 5.86. The molecule has 2 aromatic rings. The van der Waals surface area contributed by atoms with Crippen LogP contribution in [0.2, 0.25) is 0 Å². The van der Waals surface area contributed by atoms with Crippen molar-refractivity contribution in [1.82, 2.24) is 0 Å². The number of halogens is 2. The molecule has 0 spiro atoms. The van der Waals surface area contributed by atoms with Crippen molar-refractivity contribution < 1.29 is 9.59 Å². The number of benzene rings is 2. The van der Waals surface area contributed by atoms with Crippen molar-refractivity contribution in [2.45, 2.75) is 32.1 Å². The summed E-state index contributed by atoms with van der Waals surface area (Å²) in [5.41, 5.74) is 5.16. The van der Waals surface area contributed by atoms with Gasteiger partial charge in [0.2, 0.25) is 0 Å². The Morgan fingerprint density at radius 1 is 0.826 bits per heavy atom. The second-order valence-corrected chi connectivity index (χ2v) is 6.54. The van der Waals surface area contributed by atoms with E-state index < -0.39 is 10.5 Å². The molecule has 0 N–H and O–H groups in total. The van der Waals surface area contributed by atoms with Crippen LogP contribution in [-0.4, -0.2) is 10.5 Å². The zero-order valence-corrected chi connectivity index (χ0v) is 14.5. The van der Waals surface area contributed by atoms with E-state index in [9.17, 15) is 9.59 Å². The van der Waals surface area contributed by atoms with Crippen LogP contribution >= 0.6 is 23.2 Å². The first-order valence-electron chi connectivity index (χ1n) is 7.63. The third kappa shape index (κ3) is 2.32. The molecule has 1 aliphatic carbocycles. The molecule has 0 amide bonds. The molecule has 0 heterocycles. The molecule has 0 bridgehead atoms. The van der Waals surface area contributed by atoms with Gasteiger partial charge in [-0.1, -0.05) is 26.0 Å². The lowest BCUT2D eigenvalue weighted by Gasteiger charge is -2.30. The highest BCUT2D eigenvalue weighted by atomic mass is 35.5. The Hall–Kier alpha value is -1.64. The van der Waals surface area contributed by atoms with Crippen molar-refractivity contribution in [1.29, 1.82) is 0 Å². The van der Waals surface area contributed by atoms with Crippen molar-refractivity contribution >= 4 is 33.7 Å². The van der Waals surface area contributed by atoms with Gasteiger partial charge in [0, 0.05) is 16.5 Å². The van der Waals surface area contributed by atoms with E-state index in [1.807, 2.05) is 24.3 Å².